The summed E-state index contributed by atoms with van der Waals surface area (Å²) in [6.07, 6.45) is 1.09. The Labute approximate surface area is 88.8 Å². The van der Waals surface area contributed by atoms with Crippen LogP contribution in [0.15, 0.2) is 15.8 Å². The van der Waals surface area contributed by atoms with Crippen molar-refractivity contribution in [3.8, 4) is 0 Å². The van der Waals surface area contributed by atoms with E-state index in [1.54, 1.807) is 0 Å². The number of hydrogen-bond donors (Lipinski definition) is 3. The van der Waals surface area contributed by atoms with Gasteiger partial charge in [-0.05, 0) is 6.92 Å². The predicted molar refractivity (Wildman–Crippen MR) is 53.4 cm³/mol. The molecule has 82 valence electrons. The van der Waals surface area contributed by atoms with E-state index in [1.807, 2.05) is 10.4 Å². The van der Waals surface area contributed by atoms with Crippen LogP contribution in [0, 0.1) is 0 Å². The highest BCUT2D eigenvalue weighted by atomic mass is 35.5. The van der Waals surface area contributed by atoms with E-state index in [4.69, 9.17) is 17.4 Å². The monoisotopic (exact) mass is 232 g/mol. The summed E-state index contributed by atoms with van der Waals surface area (Å²) in [5.74, 6) is 4.34. The van der Waals surface area contributed by atoms with Gasteiger partial charge < -0.3 is 0 Å². The molecule has 15 heavy (non-hydrogen) atoms. The van der Waals surface area contributed by atoms with E-state index < -0.39 is 23.2 Å². The van der Waals surface area contributed by atoms with Crippen molar-refractivity contribution in [1.29, 1.82) is 0 Å². The molecule has 1 atom stereocenters. The highest BCUT2D eigenvalue weighted by molar-refractivity contribution is 6.30. The molecule has 0 saturated carbocycles. The van der Waals surface area contributed by atoms with Gasteiger partial charge in [0.25, 0.3) is 11.5 Å². The first-order chi connectivity index (χ1) is 6.97. The highest BCUT2D eigenvalue weighted by Gasteiger charge is 2.15. The van der Waals surface area contributed by atoms with Crippen molar-refractivity contribution in [2.75, 3.05) is 0 Å². The van der Waals surface area contributed by atoms with Gasteiger partial charge in [-0.1, -0.05) is 11.6 Å². The summed E-state index contributed by atoms with van der Waals surface area (Å²) in [4.78, 5) is 35.3. The van der Waals surface area contributed by atoms with Crippen molar-refractivity contribution in [2.24, 2.45) is 5.84 Å². The van der Waals surface area contributed by atoms with Gasteiger partial charge in [0.05, 0.1) is 0 Å². The lowest BCUT2D eigenvalue weighted by molar-refractivity contribution is -0.124. The van der Waals surface area contributed by atoms with E-state index in [1.165, 1.54) is 6.92 Å². The van der Waals surface area contributed by atoms with Gasteiger partial charge in [0.2, 0.25) is 0 Å². The maximum Gasteiger partial charge on any atom is 0.329 e. The molecule has 0 aliphatic carbocycles. The zero-order valence-electron chi connectivity index (χ0n) is 7.78. The van der Waals surface area contributed by atoms with Crippen molar-refractivity contribution in [2.45, 2.75) is 13.0 Å². The number of amides is 1. The Morgan fingerprint density at radius 1 is 1.67 bits per heavy atom. The molecular weight excluding hydrogens is 224 g/mol. The molecule has 0 fully saturated rings. The van der Waals surface area contributed by atoms with E-state index >= 15 is 0 Å². The smallest absolute Gasteiger partial charge is 0.292 e. The number of halogens is 1. The van der Waals surface area contributed by atoms with Crippen molar-refractivity contribution in [3.05, 3.63) is 32.1 Å². The fraction of sp³-hybridized carbons (Fsp3) is 0.286. The second kappa shape index (κ2) is 4.28. The average Bonchev–Trinajstić information content (AvgIpc) is 2.21. The molecule has 0 saturated heterocycles. The van der Waals surface area contributed by atoms with Gasteiger partial charge in [-0.3, -0.25) is 24.6 Å². The Balaban J connectivity index is 3.27. The van der Waals surface area contributed by atoms with Crippen molar-refractivity contribution >= 4 is 17.5 Å². The van der Waals surface area contributed by atoms with E-state index in [0.717, 1.165) is 10.8 Å². The van der Waals surface area contributed by atoms with Crippen LogP contribution in [0.4, 0.5) is 0 Å². The Morgan fingerprint density at radius 3 is 2.80 bits per heavy atom. The molecule has 4 N–H and O–H groups in total. The summed E-state index contributed by atoms with van der Waals surface area (Å²) in [6, 6.07) is -0.850. The lowest BCUT2D eigenvalue weighted by Gasteiger charge is -2.12. The molecule has 0 spiro atoms. The minimum absolute atomic E-state index is 0.175. The second-order valence-electron chi connectivity index (χ2n) is 2.83. The number of aromatic nitrogens is 2. The second-order valence-corrected chi connectivity index (χ2v) is 3.24. The van der Waals surface area contributed by atoms with Gasteiger partial charge in [-0.25, -0.2) is 10.6 Å². The number of H-pyrrole nitrogens is 1. The van der Waals surface area contributed by atoms with E-state index in [2.05, 4.69) is 0 Å². The largest absolute Gasteiger partial charge is 0.329 e. The average molecular weight is 233 g/mol. The summed E-state index contributed by atoms with van der Waals surface area (Å²) in [7, 11) is 0. The van der Waals surface area contributed by atoms with Crippen LogP contribution in [0.2, 0.25) is 5.02 Å². The molecule has 1 aromatic heterocycles. The standard InChI is InChI=1S/C7H9ClN4O3/c1-3(5(13)11-9)12-2-4(8)6(14)10-7(12)15/h2-3H,9H2,1H3,(H,11,13)(H,10,14,15). The first-order valence-corrected chi connectivity index (χ1v) is 4.36. The number of hydrogen-bond acceptors (Lipinski definition) is 4. The molecule has 1 heterocycles. The highest BCUT2D eigenvalue weighted by Crippen LogP contribution is 2.03. The topological polar surface area (TPSA) is 110 Å². The number of hydrazine groups is 1. The fourth-order valence-corrected chi connectivity index (χ4v) is 1.15. The first-order valence-electron chi connectivity index (χ1n) is 3.98. The number of nitrogens with two attached hydrogens (primary N) is 1. The molecule has 8 heteroatoms. The molecule has 1 amide bonds. The van der Waals surface area contributed by atoms with Gasteiger partial charge in [0, 0.05) is 6.20 Å². The van der Waals surface area contributed by atoms with Crippen LogP contribution in [0.1, 0.15) is 13.0 Å². The lowest BCUT2D eigenvalue weighted by atomic mass is 10.3. The number of nitrogens with zero attached hydrogens (tertiary/aromatic N) is 1. The molecule has 0 aromatic carbocycles. The minimum atomic E-state index is -0.850. The SMILES string of the molecule is CC(C(=O)NN)n1cc(Cl)c(=O)[nH]c1=O. The summed E-state index contributed by atoms with van der Waals surface area (Å²) < 4.78 is 0.978. The van der Waals surface area contributed by atoms with Gasteiger partial charge >= 0.3 is 5.69 Å². The number of aromatic amines is 1. The number of carbonyl (C=O) groups is 1. The van der Waals surface area contributed by atoms with Crippen molar-refractivity contribution in [1.82, 2.24) is 15.0 Å². The van der Waals surface area contributed by atoms with Gasteiger partial charge in [-0.2, -0.15) is 0 Å². The summed E-state index contributed by atoms with van der Waals surface area (Å²) in [5.41, 5.74) is 0.473. The minimum Gasteiger partial charge on any atom is -0.292 e. The molecule has 7 nitrogen and oxygen atoms in total. The first kappa shape index (κ1) is 11.5. The Kier molecular flexibility index (Phi) is 3.28. The molecule has 0 aliphatic rings. The molecule has 1 aromatic rings. The zero-order chi connectivity index (χ0) is 11.6. The van der Waals surface area contributed by atoms with Crippen LogP contribution in [-0.4, -0.2) is 15.5 Å². The van der Waals surface area contributed by atoms with Gasteiger partial charge in [-0.15, -0.1) is 0 Å². The van der Waals surface area contributed by atoms with Crippen LogP contribution in [0.5, 0.6) is 0 Å². The quantitative estimate of drug-likeness (QED) is 0.336. The zero-order valence-corrected chi connectivity index (χ0v) is 8.54. The van der Waals surface area contributed by atoms with Gasteiger partial charge in [0.15, 0.2) is 0 Å². The lowest BCUT2D eigenvalue weighted by Crippen LogP contribution is -2.41. The van der Waals surface area contributed by atoms with Gasteiger partial charge in [0.1, 0.15) is 11.1 Å². The third kappa shape index (κ3) is 2.25. The Bertz CT molecular complexity index is 492. The summed E-state index contributed by atoms with van der Waals surface area (Å²) >= 11 is 5.51. The van der Waals surface area contributed by atoms with E-state index in [0.29, 0.717) is 0 Å². The molecule has 0 bridgehead atoms. The molecule has 1 rings (SSSR count). The van der Waals surface area contributed by atoms with Crippen LogP contribution in [0.25, 0.3) is 0 Å². The molecule has 0 aliphatic heterocycles. The third-order valence-corrected chi connectivity index (χ3v) is 2.13. The predicted octanol–water partition coefficient (Wildman–Crippen LogP) is -1.26. The van der Waals surface area contributed by atoms with E-state index in [9.17, 15) is 14.4 Å². The Hall–Kier alpha value is -1.60. The third-order valence-electron chi connectivity index (χ3n) is 1.86. The van der Waals surface area contributed by atoms with E-state index in [-0.39, 0.29) is 5.02 Å². The number of nitrogens with one attached hydrogen (secondary N) is 2. The van der Waals surface area contributed by atoms with Crippen LogP contribution in [0.3, 0.4) is 0 Å². The van der Waals surface area contributed by atoms with Crippen molar-refractivity contribution < 1.29 is 4.79 Å². The van der Waals surface area contributed by atoms with Crippen LogP contribution < -0.4 is 22.5 Å². The number of rotatable bonds is 2. The fourth-order valence-electron chi connectivity index (χ4n) is 0.995. The summed E-state index contributed by atoms with van der Waals surface area (Å²) in [6.45, 7) is 1.44. The maximum atomic E-state index is 11.3. The molecular formula is C7H9ClN4O3. The van der Waals surface area contributed by atoms with Crippen LogP contribution >= 0.6 is 11.6 Å². The van der Waals surface area contributed by atoms with Crippen molar-refractivity contribution in [3.63, 3.8) is 0 Å². The Morgan fingerprint density at radius 2 is 2.27 bits per heavy atom. The molecule has 1 unspecified atom stereocenters. The number of carbonyl (C=O) groups excluding carboxylic acids is 1. The normalized spacial score (nSPS) is 12.2. The summed E-state index contributed by atoms with van der Waals surface area (Å²) in [5, 5.41) is -0.175. The maximum absolute atomic E-state index is 11.3. The molecule has 0 radical (unpaired) electrons. The van der Waals surface area contributed by atoms with Crippen LogP contribution in [-0.2, 0) is 4.79 Å².